The van der Waals surface area contributed by atoms with Crippen LogP contribution in [0.3, 0.4) is 0 Å². The van der Waals surface area contributed by atoms with E-state index in [2.05, 4.69) is 36.9 Å². The molecular formula is C24H30FN3O. The molecule has 0 fully saturated rings. The molecule has 0 N–H and O–H groups in total. The van der Waals surface area contributed by atoms with Gasteiger partial charge in [0.25, 0.3) is 5.91 Å². The molecule has 154 valence electrons. The Kier molecular flexibility index (Phi) is 6.48. The summed E-state index contributed by atoms with van der Waals surface area (Å²) in [5.74, 6) is -0.405. The fourth-order valence-corrected chi connectivity index (χ4v) is 3.84. The van der Waals surface area contributed by atoms with Crippen molar-refractivity contribution in [2.45, 2.75) is 53.1 Å². The first kappa shape index (κ1) is 21.2. The largest absolute Gasteiger partial charge is 0.292 e. The topological polar surface area (TPSA) is 35.9 Å². The Morgan fingerprint density at radius 1 is 1.24 bits per heavy atom. The van der Waals surface area contributed by atoms with Gasteiger partial charge in [0.1, 0.15) is 5.82 Å². The van der Waals surface area contributed by atoms with Gasteiger partial charge in [-0.25, -0.2) is 9.40 Å². The van der Waals surface area contributed by atoms with Gasteiger partial charge >= 0.3 is 0 Å². The Morgan fingerprint density at radius 3 is 2.62 bits per heavy atom. The molecule has 1 aliphatic rings. The molecule has 2 aromatic carbocycles. The van der Waals surface area contributed by atoms with E-state index in [0.717, 1.165) is 28.9 Å². The summed E-state index contributed by atoms with van der Waals surface area (Å²) in [6.45, 7) is 11.3. The third kappa shape index (κ3) is 4.56. The minimum absolute atomic E-state index is 0.103. The van der Waals surface area contributed by atoms with Gasteiger partial charge < -0.3 is 0 Å². The smallest absolute Gasteiger partial charge is 0.257 e. The maximum Gasteiger partial charge on any atom is 0.257 e. The maximum atomic E-state index is 14.6. The number of hydrogen-bond donors (Lipinski definition) is 0. The van der Waals surface area contributed by atoms with Crippen molar-refractivity contribution in [1.29, 1.82) is 0 Å². The number of rotatable bonds is 6. The number of halogens is 1. The molecule has 1 amide bonds. The number of benzene rings is 2. The Labute approximate surface area is 173 Å². The minimum Gasteiger partial charge on any atom is -0.292 e. The second-order valence-electron chi connectivity index (χ2n) is 8.00. The van der Waals surface area contributed by atoms with Crippen molar-refractivity contribution in [3.8, 4) is 0 Å². The average molecular weight is 396 g/mol. The van der Waals surface area contributed by atoms with E-state index in [1.165, 1.54) is 11.1 Å². The summed E-state index contributed by atoms with van der Waals surface area (Å²) >= 11 is 0. The zero-order valence-corrected chi connectivity index (χ0v) is 17.9. The van der Waals surface area contributed by atoms with Crippen LogP contribution in [0.2, 0.25) is 0 Å². The van der Waals surface area contributed by atoms with E-state index in [1.807, 2.05) is 26.8 Å². The minimum atomic E-state index is -0.426. The number of amides is 1. The lowest BCUT2D eigenvalue weighted by atomic mass is 9.95. The van der Waals surface area contributed by atoms with Gasteiger partial charge in [-0.2, -0.15) is 5.10 Å². The van der Waals surface area contributed by atoms with Crippen LogP contribution >= 0.6 is 0 Å². The van der Waals surface area contributed by atoms with E-state index in [4.69, 9.17) is 5.10 Å². The van der Waals surface area contributed by atoms with Crippen molar-refractivity contribution in [3.05, 3.63) is 70.5 Å². The fraction of sp³-hybridized carbons (Fsp3) is 0.417. The first-order chi connectivity index (χ1) is 13.8. The predicted molar refractivity (Wildman–Crippen MR) is 115 cm³/mol. The zero-order chi connectivity index (χ0) is 21.1. The van der Waals surface area contributed by atoms with Gasteiger partial charge in [0.15, 0.2) is 0 Å². The number of hydrogen-bond acceptors (Lipinski definition) is 3. The monoisotopic (exact) mass is 395 g/mol. The number of carbonyl (C=O) groups excluding carboxylic acids is 1. The lowest BCUT2D eigenvalue weighted by molar-refractivity contribution is -0.134. The van der Waals surface area contributed by atoms with Crippen LogP contribution in [-0.2, 0) is 4.79 Å². The molecule has 3 rings (SSSR count). The molecule has 0 saturated heterocycles. The summed E-state index contributed by atoms with van der Waals surface area (Å²) in [5, 5.41) is 6.21. The van der Waals surface area contributed by atoms with Crippen molar-refractivity contribution < 1.29 is 9.18 Å². The highest BCUT2D eigenvalue weighted by molar-refractivity contribution is 6.04. The molecule has 1 unspecified atom stereocenters. The van der Waals surface area contributed by atoms with Crippen molar-refractivity contribution in [2.75, 3.05) is 13.1 Å². The molecule has 1 atom stereocenters. The third-order valence-electron chi connectivity index (χ3n) is 5.61. The van der Waals surface area contributed by atoms with Crippen molar-refractivity contribution >= 4 is 11.6 Å². The molecule has 29 heavy (non-hydrogen) atoms. The standard InChI is InChI=1S/C24H30FN3O/c1-6-27(16(2)3)15-24(29)28-23(19-9-7-8-10-21(19)25)14-22(26-28)20-13-17(4)11-12-18(20)5/h7-13,16,23H,6,14-15H2,1-5H3. The van der Waals surface area contributed by atoms with E-state index in [0.29, 0.717) is 12.0 Å². The van der Waals surface area contributed by atoms with E-state index < -0.39 is 6.04 Å². The van der Waals surface area contributed by atoms with Crippen LogP contribution in [0, 0.1) is 19.7 Å². The molecule has 0 spiro atoms. The molecule has 2 aromatic rings. The first-order valence-corrected chi connectivity index (χ1v) is 10.3. The number of carbonyl (C=O) groups is 1. The van der Waals surface area contributed by atoms with Gasteiger partial charge in [-0.15, -0.1) is 0 Å². The molecule has 1 aliphatic heterocycles. The van der Waals surface area contributed by atoms with E-state index in [-0.39, 0.29) is 24.3 Å². The summed E-state index contributed by atoms with van der Waals surface area (Å²) < 4.78 is 14.6. The van der Waals surface area contributed by atoms with Crippen LogP contribution in [0.1, 0.15) is 55.5 Å². The maximum absolute atomic E-state index is 14.6. The number of nitrogens with zero attached hydrogens (tertiary/aromatic N) is 3. The van der Waals surface area contributed by atoms with Crippen molar-refractivity contribution in [1.82, 2.24) is 9.91 Å². The van der Waals surface area contributed by atoms with E-state index in [9.17, 15) is 9.18 Å². The molecule has 0 saturated carbocycles. The number of aryl methyl sites for hydroxylation is 2. The third-order valence-corrected chi connectivity index (χ3v) is 5.61. The quantitative estimate of drug-likeness (QED) is 0.701. The van der Waals surface area contributed by atoms with Gasteiger partial charge in [0, 0.05) is 23.6 Å². The first-order valence-electron chi connectivity index (χ1n) is 10.3. The molecule has 4 nitrogen and oxygen atoms in total. The Balaban J connectivity index is 1.99. The Bertz CT molecular complexity index is 922. The van der Waals surface area contributed by atoms with Gasteiger partial charge in [-0.1, -0.05) is 42.8 Å². The highest BCUT2D eigenvalue weighted by Crippen LogP contribution is 2.35. The van der Waals surface area contributed by atoms with Crippen LogP contribution in [0.4, 0.5) is 4.39 Å². The highest BCUT2D eigenvalue weighted by atomic mass is 19.1. The average Bonchev–Trinajstić information content (AvgIpc) is 3.13. The van der Waals surface area contributed by atoms with Crippen LogP contribution in [0.25, 0.3) is 0 Å². The molecule has 0 aliphatic carbocycles. The number of hydrazone groups is 1. The van der Waals surface area contributed by atoms with Gasteiger partial charge in [0.05, 0.1) is 18.3 Å². The van der Waals surface area contributed by atoms with Gasteiger partial charge in [0.2, 0.25) is 0 Å². The SMILES string of the molecule is CCN(CC(=O)N1N=C(c2cc(C)ccc2C)CC1c1ccccc1F)C(C)C. The van der Waals surface area contributed by atoms with Crippen LogP contribution in [0.5, 0.6) is 0 Å². The summed E-state index contributed by atoms with van der Waals surface area (Å²) in [7, 11) is 0. The normalized spacial score (nSPS) is 16.6. The second-order valence-corrected chi connectivity index (χ2v) is 8.00. The Hall–Kier alpha value is -2.53. The van der Waals surface area contributed by atoms with Crippen molar-refractivity contribution in [2.24, 2.45) is 5.10 Å². The molecule has 1 heterocycles. The second kappa shape index (κ2) is 8.87. The molecular weight excluding hydrogens is 365 g/mol. The summed E-state index contributed by atoms with van der Waals surface area (Å²) in [6.07, 6.45) is 0.505. The predicted octanol–water partition coefficient (Wildman–Crippen LogP) is 4.85. The van der Waals surface area contributed by atoms with Crippen LogP contribution < -0.4 is 0 Å². The molecule has 5 heteroatoms. The molecule has 0 bridgehead atoms. The summed E-state index contributed by atoms with van der Waals surface area (Å²) in [5.41, 5.74) is 4.61. The van der Waals surface area contributed by atoms with E-state index in [1.54, 1.807) is 12.1 Å². The summed E-state index contributed by atoms with van der Waals surface area (Å²) in [4.78, 5) is 15.3. The lowest BCUT2D eigenvalue weighted by Gasteiger charge is -2.28. The highest BCUT2D eigenvalue weighted by Gasteiger charge is 2.35. The lowest BCUT2D eigenvalue weighted by Crippen LogP contribution is -2.41. The van der Waals surface area contributed by atoms with Gasteiger partial charge in [-0.05, 0) is 51.9 Å². The van der Waals surface area contributed by atoms with Gasteiger partial charge in [-0.3, -0.25) is 9.69 Å². The molecule has 0 radical (unpaired) electrons. The zero-order valence-electron chi connectivity index (χ0n) is 17.9. The molecule has 0 aromatic heterocycles. The fourth-order valence-electron chi connectivity index (χ4n) is 3.84. The van der Waals surface area contributed by atoms with Crippen molar-refractivity contribution in [3.63, 3.8) is 0 Å². The Morgan fingerprint density at radius 2 is 1.97 bits per heavy atom. The van der Waals surface area contributed by atoms with E-state index >= 15 is 0 Å². The van der Waals surface area contributed by atoms with Crippen LogP contribution in [-0.4, -0.2) is 40.7 Å². The van der Waals surface area contributed by atoms with Crippen LogP contribution in [0.15, 0.2) is 47.6 Å². The summed E-state index contributed by atoms with van der Waals surface area (Å²) in [6, 6.07) is 12.7. The number of likely N-dealkylation sites (N-methyl/N-ethyl adjacent to an activating group) is 1.